The molecule has 0 aliphatic carbocycles. The molecule has 0 saturated carbocycles. The molecule has 2 atom stereocenters. The Hall–Kier alpha value is -2.05. The number of aromatic nitrogens is 1. The number of hydrogen-bond acceptors (Lipinski definition) is 5. The van der Waals surface area contributed by atoms with E-state index in [1.54, 1.807) is 18.0 Å². The van der Waals surface area contributed by atoms with Gasteiger partial charge in [0, 0.05) is 50.0 Å². The number of benzene rings is 1. The molecule has 1 aromatic heterocycles. The van der Waals surface area contributed by atoms with Crippen LogP contribution in [0.3, 0.4) is 0 Å². The van der Waals surface area contributed by atoms with Crippen molar-refractivity contribution in [2.45, 2.75) is 11.4 Å². The SMILES string of the molecule is O=C(C1CSC(c2cccnc2)N1)N1CCN(c2ccccc2)CC1. The molecule has 1 N–H and O–H groups in total. The molecule has 2 aliphatic heterocycles. The van der Waals surface area contributed by atoms with E-state index in [0.717, 1.165) is 37.5 Å². The van der Waals surface area contributed by atoms with Crippen LogP contribution in [-0.4, -0.2) is 53.8 Å². The maximum atomic E-state index is 12.8. The Balaban J connectivity index is 1.32. The molecule has 3 heterocycles. The number of thioether (sulfide) groups is 1. The molecule has 2 unspecified atom stereocenters. The van der Waals surface area contributed by atoms with E-state index >= 15 is 0 Å². The highest BCUT2D eigenvalue weighted by Gasteiger charge is 2.34. The maximum Gasteiger partial charge on any atom is 0.240 e. The first-order chi connectivity index (χ1) is 12.3. The molecule has 1 amide bonds. The van der Waals surface area contributed by atoms with E-state index in [9.17, 15) is 4.79 Å². The molecule has 2 aromatic rings. The summed E-state index contributed by atoms with van der Waals surface area (Å²) in [7, 11) is 0. The summed E-state index contributed by atoms with van der Waals surface area (Å²) >= 11 is 1.78. The Morgan fingerprint density at radius 1 is 1.08 bits per heavy atom. The number of carbonyl (C=O) groups excluding carboxylic acids is 1. The average molecular weight is 354 g/mol. The summed E-state index contributed by atoms with van der Waals surface area (Å²) in [5.74, 6) is 1.05. The monoisotopic (exact) mass is 354 g/mol. The van der Waals surface area contributed by atoms with Crippen LogP contribution in [0, 0.1) is 0 Å². The Morgan fingerprint density at radius 2 is 1.88 bits per heavy atom. The second-order valence-electron chi connectivity index (χ2n) is 6.37. The summed E-state index contributed by atoms with van der Waals surface area (Å²) in [5.41, 5.74) is 2.37. The Kier molecular flexibility index (Phi) is 4.90. The van der Waals surface area contributed by atoms with Crippen LogP contribution in [0.1, 0.15) is 10.9 Å². The van der Waals surface area contributed by atoms with Crippen molar-refractivity contribution in [2.75, 3.05) is 36.8 Å². The third-order valence-corrected chi connectivity index (χ3v) is 6.05. The predicted octanol–water partition coefficient (Wildman–Crippen LogP) is 2.13. The zero-order chi connectivity index (χ0) is 17.1. The van der Waals surface area contributed by atoms with Crippen molar-refractivity contribution < 1.29 is 4.79 Å². The third-order valence-electron chi connectivity index (χ3n) is 4.78. The lowest BCUT2D eigenvalue weighted by molar-refractivity contribution is -0.133. The minimum atomic E-state index is -0.0986. The molecule has 130 valence electrons. The molecule has 2 aliphatic rings. The fraction of sp³-hybridized carbons (Fsp3) is 0.368. The van der Waals surface area contributed by atoms with Crippen molar-refractivity contribution in [1.29, 1.82) is 0 Å². The van der Waals surface area contributed by atoms with Gasteiger partial charge in [-0.2, -0.15) is 0 Å². The minimum Gasteiger partial charge on any atom is -0.368 e. The van der Waals surface area contributed by atoms with Crippen molar-refractivity contribution in [3.05, 3.63) is 60.4 Å². The van der Waals surface area contributed by atoms with Crippen molar-refractivity contribution >= 4 is 23.4 Å². The first-order valence-electron chi connectivity index (χ1n) is 8.67. The molecule has 25 heavy (non-hydrogen) atoms. The number of carbonyl (C=O) groups is 1. The summed E-state index contributed by atoms with van der Waals surface area (Å²) in [5, 5.41) is 3.63. The lowest BCUT2D eigenvalue weighted by Gasteiger charge is -2.37. The van der Waals surface area contributed by atoms with E-state index in [1.165, 1.54) is 5.69 Å². The molecule has 2 fully saturated rings. The molecule has 2 saturated heterocycles. The molecule has 0 spiro atoms. The topological polar surface area (TPSA) is 48.5 Å². The quantitative estimate of drug-likeness (QED) is 0.915. The summed E-state index contributed by atoms with van der Waals surface area (Å²) in [6.45, 7) is 3.35. The van der Waals surface area contributed by atoms with Crippen molar-refractivity contribution in [1.82, 2.24) is 15.2 Å². The number of nitrogens with zero attached hydrogens (tertiary/aromatic N) is 3. The molecule has 1 aromatic carbocycles. The van der Waals surface area contributed by atoms with E-state index in [0.29, 0.717) is 0 Å². The van der Waals surface area contributed by atoms with Crippen LogP contribution < -0.4 is 10.2 Å². The molecule has 0 radical (unpaired) electrons. The molecular weight excluding hydrogens is 332 g/mol. The van der Waals surface area contributed by atoms with E-state index in [2.05, 4.69) is 45.5 Å². The van der Waals surface area contributed by atoms with E-state index in [-0.39, 0.29) is 17.3 Å². The average Bonchev–Trinajstić information content (AvgIpc) is 3.19. The largest absolute Gasteiger partial charge is 0.368 e. The molecule has 0 bridgehead atoms. The second-order valence-corrected chi connectivity index (χ2v) is 7.50. The van der Waals surface area contributed by atoms with Gasteiger partial charge in [-0.3, -0.25) is 15.1 Å². The highest BCUT2D eigenvalue weighted by Crippen LogP contribution is 2.32. The minimum absolute atomic E-state index is 0.0986. The van der Waals surface area contributed by atoms with Crippen LogP contribution in [0.5, 0.6) is 0 Å². The van der Waals surface area contributed by atoms with Crippen molar-refractivity contribution in [3.63, 3.8) is 0 Å². The summed E-state index contributed by atoms with van der Waals surface area (Å²) in [4.78, 5) is 21.4. The van der Waals surface area contributed by atoms with E-state index < -0.39 is 0 Å². The number of pyridine rings is 1. The van der Waals surface area contributed by atoms with Crippen molar-refractivity contribution in [2.24, 2.45) is 0 Å². The number of rotatable bonds is 3. The van der Waals surface area contributed by atoms with Crippen LogP contribution in [0.4, 0.5) is 5.69 Å². The lowest BCUT2D eigenvalue weighted by Crippen LogP contribution is -2.53. The van der Waals surface area contributed by atoms with Gasteiger partial charge in [-0.05, 0) is 23.8 Å². The van der Waals surface area contributed by atoms with Crippen molar-refractivity contribution in [3.8, 4) is 0 Å². The molecule has 5 nitrogen and oxygen atoms in total. The number of amides is 1. The van der Waals surface area contributed by atoms with Crippen LogP contribution in [0.2, 0.25) is 0 Å². The zero-order valence-corrected chi connectivity index (χ0v) is 14.9. The molecule has 4 rings (SSSR count). The summed E-state index contributed by atoms with van der Waals surface area (Å²) in [6, 6.07) is 14.3. The van der Waals surface area contributed by atoms with E-state index in [4.69, 9.17) is 0 Å². The van der Waals surface area contributed by atoms with Gasteiger partial charge in [0.1, 0.15) is 0 Å². The normalized spacial score (nSPS) is 23.7. The number of hydrogen-bond donors (Lipinski definition) is 1. The van der Waals surface area contributed by atoms with Crippen LogP contribution in [0.25, 0.3) is 0 Å². The first-order valence-corrected chi connectivity index (χ1v) is 9.72. The van der Waals surface area contributed by atoms with Gasteiger partial charge < -0.3 is 9.80 Å². The second kappa shape index (κ2) is 7.45. The van der Waals surface area contributed by atoms with Crippen LogP contribution >= 0.6 is 11.8 Å². The number of piperazine rings is 1. The predicted molar refractivity (Wildman–Crippen MR) is 102 cm³/mol. The maximum absolute atomic E-state index is 12.8. The van der Waals surface area contributed by atoms with Crippen LogP contribution in [0.15, 0.2) is 54.9 Å². The van der Waals surface area contributed by atoms with Gasteiger partial charge in [0.05, 0.1) is 11.4 Å². The molecular formula is C19H22N4OS. The first kappa shape index (κ1) is 16.4. The Labute approximate surface area is 152 Å². The highest BCUT2D eigenvalue weighted by molar-refractivity contribution is 7.99. The number of nitrogens with one attached hydrogen (secondary N) is 1. The van der Waals surface area contributed by atoms with Gasteiger partial charge in [-0.25, -0.2) is 0 Å². The van der Waals surface area contributed by atoms with Gasteiger partial charge in [-0.15, -0.1) is 11.8 Å². The van der Waals surface area contributed by atoms with Gasteiger partial charge in [-0.1, -0.05) is 24.3 Å². The summed E-state index contributed by atoms with van der Waals surface area (Å²) in [6.07, 6.45) is 3.65. The summed E-state index contributed by atoms with van der Waals surface area (Å²) < 4.78 is 0. The van der Waals surface area contributed by atoms with E-state index in [1.807, 2.05) is 23.2 Å². The van der Waals surface area contributed by atoms with Gasteiger partial charge in [0.25, 0.3) is 0 Å². The Bertz CT molecular complexity index is 704. The molecule has 6 heteroatoms. The smallest absolute Gasteiger partial charge is 0.240 e. The fourth-order valence-corrected chi connectivity index (χ4v) is 4.60. The van der Waals surface area contributed by atoms with Gasteiger partial charge >= 0.3 is 0 Å². The fourth-order valence-electron chi connectivity index (χ4n) is 3.38. The highest BCUT2D eigenvalue weighted by atomic mass is 32.2. The number of anilines is 1. The third kappa shape index (κ3) is 3.65. The van der Waals surface area contributed by atoms with Gasteiger partial charge in [0.2, 0.25) is 5.91 Å². The van der Waals surface area contributed by atoms with Gasteiger partial charge in [0.15, 0.2) is 0 Å². The Morgan fingerprint density at radius 3 is 2.60 bits per heavy atom. The zero-order valence-electron chi connectivity index (χ0n) is 14.0. The lowest BCUT2D eigenvalue weighted by atomic mass is 10.2. The number of para-hydroxylation sites is 1. The van der Waals surface area contributed by atoms with Crippen LogP contribution in [-0.2, 0) is 4.79 Å². The standard InChI is InChI=1S/C19H22N4OS/c24-19(17-14-25-18(21-17)15-5-4-8-20-13-15)23-11-9-22(10-12-23)16-6-2-1-3-7-16/h1-8,13,17-18,21H,9-12,14H2.